The van der Waals surface area contributed by atoms with Crippen LogP contribution in [0.3, 0.4) is 0 Å². The average molecular weight is 199 g/mol. The van der Waals surface area contributed by atoms with Crippen LogP contribution in [0.15, 0.2) is 5.11 Å². The first-order chi connectivity index (χ1) is 6.31. The third-order valence-electron chi connectivity index (χ3n) is 2.99. The molecule has 0 aromatic carbocycles. The molecule has 5 heteroatoms. The maximum Gasteiger partial charge on any atom is 0.0396 e. The number of azide groups is 1. The molecule has 0 radical (unpaired) electrons. The molecule has 4 nitrogen and oxygen atoms in total. The Morgan fingerprint density at radius 3 is 2.46 bits per heavy atom. The number of fused-ring (bicyclic) bond motifs is 2. The summed E-state index contributed by atoms with van der Waals surface area (Å²) in [6.07, 6.45) is 4.99. The second kappa shape index (κ2) is 3.68. The van der Waals surface area contributed by atoms with Gasteiger partial charge in [0.25, 0.3) is 0 Å². The lowest BCUT2D eigenvalue weighted by molar-refractivity contribution is 0.423. The van der Waals surface area contributed by atoms with E-state index in [2.05, 4.69) is 10.0 Å². The van der Waals surface area contributed by atoms with Crippen LogP contribution in [-0.2, 0) is 10.8 Å². The van der Waals surface area contributed by atoms with Gasteiger partial charge in [-0.05, 0) is 31.2 Å². The highest BCUT2D eigenvalue weighted by molar-refractivity contribution is 7.86. The van der Waals surface area contributed by atoms with Crippen LogP contribution in [0.4, 0.5) is 0 Å². The van der Waals surface area contributed by atoms with Crippen LogP contribution in [0.5, 0.6) is 0 Å². The molecule has 2 aliphatic heterocycles. The first kappa shape index (κ1) is 9.03. The maximum absolute atomic E-state index is 11.7. The van der Waals surface area contributed by atoms with E-state index in [1.54, 1.807) is 0 Å². The van der Waals surface area contributed by atoms with Gasteiger partial charge in [0, 0.05) is 32.3 Å². The molecule has 2 bridgehead atoms. The van der Waals surface area contributed by atoms with Crippen molar-refractivity contribution in [2.75, 3.05) is 0 Å². The molecular weight excluding hydrogens is 186 g/mol. The van der Waals surface area contributed by atoms with E-state index in [0.29, 0.717) is 10.5 Å². The van der Waals surface area contributed by atoms with E-state index in [1.165, 1.54) is 6.42 Å². The van der Waals surface area contributed by atoms with Crippen LogP contribution in [-0.4, -0.2) is 20.8 Å². The molecule has 2 saturated heterocycles. The SMILES string of the molecule is [N-]=[N+]=NC1CC2CCCC(C1)S2=O. The Hall–Kier alpha value is -0.540. The number of rotatable bonds is 1. The summed E-state index contributed by atoms with van der Waals surface area (Å²) in [5, 5.41) is 4.36. The van der Waals surface area contributed by atoms with Gasteiger partial charge in [-0.3, -0.25) is 4.21 Å². The van der Waals surface area contributed by atoms with Crippen LogP contribution < -0.4 is 0 Å². The molecule has 0 aromatic heterocycles. The third kappa shape index (κ3) is 1.71. The molecule has 0 saturated carbocycles. The van der Waals surface area contributed by atoms with E-state index in [1.807, 2.05) is 0 Å². The number of hydrogen-bond acceptors (Lipinski definition) is 2. The predicted octanol–water partition coefficient (Wildman–Crippen LogP) is 2.13. The zero-order valence-corrected chi connectivity index (χ0v) is 8.24. The zero-order chi connectivity index (χ0) is 9.26. The first-order valence-corrected chi connectivity index (χ1v) is 6.02. The summed E-state index contributed by atoms with van der Waals surface area (Å²) in [6.45, 7) is 0. The molecular formula is C8H13N3OS. The molecule has 13 heavy (non-hydrogen) atoms. The minimum Gasteiger partial charge on any atom is -0.259 e. The van der Waals surface area contributed by atoms with Gasteiger partial charge in [0.15, 0.2) is 0 Å². The monoisotopic (exact) mass is 199 g/mol. The van der Waals surface area contributed by atoms with Crippen LogP contribution in [0, 0.1) is 0 Å². The van der Waals surface area contributed by atoms with E-state index in [9.17, 15) is 4.21 Å². The molecule has 0 aliphatic carbocycles. The predicted molar refractivity (Wildman–Crippen MR) is 51.7 cm³/mol. The molecule has 72 valence electrons. The van der Waals surface area contributed by atoms with Gasteiger partial charge in [0.05, 0.1) is 0 Å². The molecule has 0 spiro atoms. The zero-order valence-electron chi connectivity index (χ0n) is 7.43. The Morgan fingerprint density at radius 1 is 1.31 bits per heavy atom. The molecule has 2 aliphatic rings. The Balaban J connectivity index is 2.11. The molecule has 2 atom stereocenters. The van der Waals surface area contributed by atoms with Crippen LogP contribution >= 0.6 is 0 Å². The van der Waals surface area contributed by atoms with Crippen LogP contribution in [0.2, 0.25) is 0 Å². The van der Waals surface area contributed by atoms with Crippen molar-refractivity contribution in [2.45, 2.75) is 48.6 Å². The summed E-state index contributed by atoms with van der Waals surface area (Å²) >= 11 is 0. The van der Waals surface area contributed by atoms with E-state index >= 15 is 0 Å². The van der Waals surface area contributed by atoms with Crippen molar-refractivity contribution in [1.82, 2.24) is 0 Å². The third-order valence-corrected chi connectivity index (χ3v) is 5.16. The highest BCUT2D eigenvalue weighted by Crippen LogP contribution is 2.35. The van der Waals surface area contributed by atoms with Gasteiger partial charge in [-0.15, -0.1) is 0 Å². The first-order valence-electron chi connectivity index (χ1n) is 4.75. The van der Waals surface area contributed by atoms with E-state index < -0.39 is 10.8 Å². The highest BCUT2D eigenvalue weighted by Gasteiger charge is 2.37. The van der Waals surface area contributed by atoms with Crippen LogP contribution in [0.25, 0.3) is 10.4 Å². The number of nitrogens with zero attached hydrogens (tertiary/aromatic N) is 3. The van der Waals surface area contributed by atoms with Crippen LogP contribution in [0.1, 0.15) is 32.1 Å². The Morgan fingerprint density at radius 2 is 1.92 bits per heavy atom. The normalized spacial score (nSPS) is 43.7. The lowest BCUT2D eigenvalue weighted by atomic mass is 9.95. The minimum absolute atomic E-state index is 0.109. The summed E-state index contributed by atoms with van der Waals surface area (Å²) in [7, 11) is -0.644. The number of hydrogen-bond donors (Lipinski definition) is 0. The standard InChI is InChI=1S/C8H13N3OS/c9-11-10-6-4-7-2-1-3-8(5-6)13(7)12/h6-8H,1-5H2. The quantitative estimate of drug-likeness (QED) is 0.362. The fourth-order valence-electron chi connectivity index (χ4n) is 2.37. The van der Waals surface area contributed by atoms with Crippen molar-refractivity contribution in [3.63, 3.8) is 0 Å². The maximum atomic E-state index is 11.7. The topological polar surface area (TPSA) is 65.8 Å². The van der Waals surface area contributed by atoms with Gasteiger partial charge >= 0.3 is 0 Å². The smallest absolute Gasteiger partial charge is 0.0396 e. The highest BCUT2D eigenvalue weighted by atomic mass is 32.2. The second-order valence-electron chi connectivity index (χ2n) is 3.83. The van der Waals surface area contributed by atoms with Crippen molar-refractivity contribution in [2.24, 2.45) is 5.11 Å². The van der Waals surface area contributed by atoms with Crippen molar-refractivity contribution in [3.8, 4) is 0 Å². The van der Waals surface area contributed by atoms with E-state index in [-0.39, 0.29) is 6.04 Å². The summed E-state index contributed by atoms with van der Waals surface area (Å²) in [4.78, 5) is 2.84. The molecule has 0 N–H and O–H groups in total. The lowest BCUT2D eigenvalue weighted by Gasteiger charge is -2.36. The van der Waals surface area contributed by atoms with Gasteiger partial charge in [0.1, 0.15) is 0 Å². The minimum atomic E-state index is -0.644. The van der Waals surface area contributed by atoms with Crippen molar-refractivity contribution < 1.29 is 4.21 Å². The molecule has 2 heterocycles. The van der Waals surface area contributed by atoms with Gasteiger partial charge in [-0.1, -0.05) is 11.5 Å². The van der Waals surface area contributed by atoms with Gasteiger partial charge in [0.2, 0.25) is 0 Å². The lowest BCUT2D eigenvalue weighted by Crippen LogP contribution is -2.40. The summed E-state index contributed by atoms with van der Waals surface area (Å²) in [5.41, 5.74) is 8.33. The van der Waals surface area contributed by atoms with Crippen molar-refractivity contribution in [1.29, 1.82) is 0 Å². The Bertz CT molecular complexity index is 259. The van der Waals surface area contributed by atoms with Crippen molar-refractivity contribution >= 4 is 10.8 Å². The molecule has 0 aromatic rings. The second-order valence-corrected chi connectivity index (χ2v) is 5.82. The van der Waals surface area contributed by atoms with Gasteiger partial charge in [-0.2, -0.15) is 0 Å². The summed E-state index contributed by atoms with van der Waals surface area (Å²) in [6, 6.07) is 0.109. The van der Waals surface area contributed by atoms with Gasteiger partial charge < -0.3 is 0 Å². The summed E-state index contributed by atoms with van der Waals surface area (Å²) < 4.78 is 11.7. The fourth-order valence-corrected chi connectivity index (χ4v) is 4.54. The largest absolute Gasteiger partial charge is 0.259 e. The summed E-state index contributed by atoms with van der Waals surface area (Å²) in [5.74, 6) is 0. The Kier molecular flexibility index (Phi) is 2.56. The van der Waals surface area contributed by atoms with E-state index in [4.69, 9.17) is 5.53 Å². The molecule has 2 rings (SSSR count). The Labute approximate surface area is 79.8 Å². The molecule has 2 fully saturated rings. The van der Waals surface area contributed by atoms with E-state index in [0.717, 1.165) is 25.7 Å². The fraction of sp³-hybridized carbons (Fsp3) is 1.00. The molecule has 2 unspecified atom stereocenters. The van der Waals surface area contributed by atoms with Gasteiger partial charge in [-0.25, -0.2) is 0 Å². The molecule has 0 amide bonds. The average Bonchev–Trinajstić information content (AvgIpc) is 2.07. The van der Waals surface area contributed by atoms with Crippen molar-refractivity contribution in [3.05, 3.63) is 10.4 Å².